The van der Waals surface area contributed by atoms with Crippen molar-refractivity contribution in [1.29, 1.82) is 0 Å². The Balaban J connectivity index is 2.29. The van der Waals surface area contributed by atoms with E-state index in [2.05, 4.69) is 86.8 Å². The van der Waals surface area contributed by atoms with Gasteiger partial charge in [-0.05, 0) is 83.5 Å². The van der Waals surface area contributed by atoms with E-state index < -0.39 is 61.3 Å². The maximum atomic E-state index is 12.9. The van der Waals surface area contributed by atoms with Gasteiger partial charge in [0, 0.05) is 12.8 Å². The Hall–Kier alpha value is -3.35. The number of esters is 2. The number of aliphatic carboxylic acids is 1. The molecule has 0 bridgehead atoms. The zero-order chi connectivity index (χ0) is 49.6. The molecule has 0 aliphatic carbocycles. The highest BCUT2D eigenvalue weighted by Gasteiger charge is 2.47. The van der Waals surface area contributed by atoms with Crippen molar-refractivity contribution in [2.24, 2.45) is 0 Å². The third-order valence-electron chi connectivity index (χ3n) is 12.0. The number of allylic oxidation sites excluding steroid dienone is 12. The highest BCUT2D eigenvalue weighted by atomic mass is 16.7. The van der Waals surface area contributed by atoms with Crippen LogP contribution in [0.3, 0.4) is 0 Å². The molecule has 11 heteroatoms. The molecule has 0 spiro atoms. The van der Waals surface area contributed by atoms with Crippen LogP contribution in [-0.4, -0.2) is 88.4 Å². The number of carboxylic acid groups (broad SMARTS) is 1. The first-order valence-corrected chi connectivity index (χ1v) is 27.0. The maximum Gasteiger partial charge on any atom is 0.335 e. The van der Waals surface area contributed by atoms with Crippen LogP contribution in [0.25, 0.3) is 0 Å². The lowest BCUT2D eigenvalue weighted by molar-refractivity contribution is -0.298. The number of carbonyl (C=O) groups excluding carboxylic acids is 2. The minimum Gasteiger partial charge on any atom is -0.479 e. The molecule has 6 unspecified atom stereocenters. The van der Waals surface area contributed by atoms with Gasteiger partial charge < -0.3 is 39.4 Å². The summed E-state index contributed by atoms with van der Waals surface area (Å²) in [4.78, 5) is 37.1. The van der Waals surface area contributed by atoms with Gasteiger partial charge >= 0.3 is 17.9 Å². The summed E-state index contributed by atoms with van der Waals surface area (Å²) in [5.41, 5.74) is 0. The van der Waals surface area contributed by atoms with Crippen LogP contribution in [0.1, 0.15) is 219 Å². The van der Waals surface area contributed by atoms with Crippen molar-refractivity contribution in [2.75, 3.05) is 13.2 Å². The van der Waals surface area contributed by atoms with E-state index in [-0.39, 0.29) is 19.4 Å². The second-order valence-corrected chi connectivity index (χ2v) is 18.3. The smallest absolute Gasteiger partial charge is 0.335 e. The summed E-state index contributed by atoms with van der Waals surface area (Å²) in [7, 11) is 0. The van der Waals surface area contributed by atoms with Gasteiger partial charge in [-0.1, -0.05) is 196 Å². The molecule has 0 saturated carbocycles. The molecule has 11 nitrogen and oxygen atoms in total. The Morgan fingerprint density at radius 2 is 0.868 bits per heavy atom. The Kier molecular flexibility index (Phi) is 42.4. The van der Waals surface area contributed by atoms with E-state index in [1.807, 2.05) is 0 Å². The molecule has 1 aliphatic rings. The number of unbranched alkanes of at least 4 members (excludes halogenated alkanes) is 22. The minimum atomic E-state index is -1.87. The molecule has 1 heterocycles. The van der Waals surface area contributed by atoms with Crippen molar-refractivity contribution in [3.8, 4) is 0 Å². The molecular weight excluding hydrogens is 861 g/mol. The summed E-state index contributed by atoms with van der Waals surface area (Å²) in [6.07, 6.45) is 50.8. The van der Waals surface area contributed by atoms with Gasteiger partial charge in [-0.3, -0.25) is 9.59 Å². The average molecular weight is 957 g/mol. The van der Waals surface area contributed by atoms with Crippen LogP contribution in [0.4, 0.5) is 0 Å². The van der Waals surface area contributed by atoms with E-state index in [9.17, 15) is 34.8 Å². The standard InChI is InChI=1S/C57H96O11/c1-3-5-7-9-11-13-15-17-19-21-23-25-27-29-31-33-35-37-39-41-43-45-50(58)65-47-49(48-66-57-54(62)52(60)53(61)55(68-57)56(63)64)67-51(59)46-44-42-40-38-36-34-32-30-28-26-24-22-20-18-16-14-12-10-8-6-4-2/h5,7,11,13,16-19,22-25,49,52-55,57,60-62H,3-4,6,8-10,12,14-15,20-21,26-48H2,1-2H3,(H,63,64)/b7-5-,13-11-,18-16-,19-17-,24-22-,25-23-. The Morgan fingerprint density at radius 3 is 1.31 bits per heavy atom. The number of ether oxygens (including phenoxy) is 4. The molecule has 0 radical (unpaired) electrons. The van der Waals surface area contributed by atoms with Crippen LogP contribution in [0.2, 0.25) is 0 Å². The predicted octanol–water partition coefficient (Wildman–Crippen LogP) is 13.2. The quantitative estimate of drug-likeness (QED) is 0.0260. The van der Waals surface area contributed by atoms with E-state index in [1.54, 1.807) is 0 Å². The molecule has 0 aromatic carbocycles. The fourth-order valence-corrected chi connectivity index (χ4v) is 7.84. The second kappa shape index (κ2) is 46.1. The summed E-state index contributed by atoms with van der Waals surface area (Å²) < 4.78 is 21.8. The third-order valence-corrected chi connectivity index (χ3v) is 12.0. The first kappa shape index (κ1) is 62.7. The molecule has 1 aliphatic heterocycles. The third kappa shape index (κ3) is 36.6. The van der Waals surface area contributed by atoms with Crippen LogP contribution >= 0.6 is 0 Å². The summed E-state index contributed by atoms with van der Waals surface area (Å²) in [6.45, 7) is 3.70. The molecule has 1 saturated heterocycles. The van der Waals surface area contributed by atoms with Crippen LogP contribution in [0.5, 0.6) is 0 Å². The molecule has 68 heavy (non-hydrogen) atoms. The molecular formula is C57H96O11. The summed E-state index contributed by atoms with van der Waals surface area (Å²) >= 11 is 0. The van der Waals surface area contributed by atoms with Gasteiger partial charge in [0.15, 0.2) is 18.5 Å². The minimum absolute atomic E-state index is 0.173. The SMILES string of the molecule is CC/C=C\C/C=C\C/C=C\C/C=C\CCCCCCCCCCC(=O)OCC(COC1OC(C(=O)O)C(O)C(O)C1O)OC(=O)CCCCCCCCCCC/C=C\C/C=C\CCCCCCC. The first-order valence-electron chi connectivity index (χ1n) is 27.0. The normalized spacial score (nSPS) is 19.5. The number of carboxylic acids is 1. The maximum absolute atomic E-state index is 12.9. The molecule has 0 aromatic heterocycles. The topological polar surface area (TPSA) is 169 Å². The lowest BCUT2D eigenvalue weighted by Crippen LogP contribution is -2.60. The Morgan fingerprint density at radius 1 is 0.471 bits per heavy atom. The largest absolute Gasteiger partial charge is 0.479 e. The van der Waals surface area contributed by atoms with Gasteiger partial charge in [0.1, 0.15) is 24.9 Å². The van der Waals surface area contributed by atoms with Crippen LogP contribution in [0, 0.1) is 0 Å². The molecule has 0 amide bonds. The van der Waals surface area contributed by atoms with E-state index in [1.165, 1.54) is 96.3 Å². The highest BCUT2D eigenvalue weighted by Crippen LogP contribution is 2.23. The van der Waals surface area contributed by atoms with Crippen molar-refractivity contribution in [2.45, 2.75) is 256 Å². The van der Waals surface area contributed by atoms with Gasteiger partial charge in [-0.25, -0.2) is 4.79 Å². The van der Waals surface area contributed by atoms with Crippen LogP contribution in [-0.2, 0) is 33.3 Å². The monoisotopic (exact) mass is 957 g/mol. The second-order valence-electron chi connectivity index (χ2n) is 18.3. The molecule has 4 N–H and O–H groups in total. The number of hydrogen-bond acceptors (Lipinski definition) is 10. The summed E-state index contributed by atoms with van der Waals surface area (Å²) in [5.74, 6) is -2.46. The number of aliphatic hydroxyl groups excluding tert-OH is 3. The first-order chi connectivity index (χ1) is 33.2. The Bertz CT molecular complexity index is 1400. The Labute approximate surface area is 412 Å². The number of rotatable bonds is 45. The van der Waals surface area contributed by atoms with Crippen molar-refractivity contribution in [3.05, 3.63) is 72.9 Å². The van der Waals surface area contributed by atoms with E-state index in [0.717, 1.165) is 83.5 Å². The highest BCUT2D eigenvalue weighted by molar-refractivity contribution is 5.73. The van der Waals surface area contributed by atoms with E-state index in [0.29, 0.717) is 12.8 Å². The predicted molar refractivity (Wildman–Crippen MR) is 275 cm³/mol. The number of aliphatic hydroxyl groups is 3. The van der Waals surface area contributed by atoms with E-state index in [4.69, 9.17) is 18.9 Å². The summed E-state index contributed by atoms with van der Waals surface area (Å²) in [6, 6.07) is 0. The number of hydrogen-bond donors (Lipinski definition) is 4. The van der Waals surface area contributed by atoms with E-state index >= 15 is 0 Å². The van der Waals surface area contributed by atoms with Gasteiger partial charge in [-0.15, -0.1) is 0 Å². The zero-order valence-corrected chi connectivity index (χ0v) is 42.6. The average Bonchev–Trinajstić information content (AvgIpc) is 3.32. The fourth-order valence-electron chi connectivity index (χ4n) is 7.84. The van der Waals surface area contributed by atoms with Gasteiger partial charge in [0.2, 0.25) is 0 Å². The van der Waals surface area contributed by atoms with Gasteiger partial charge in [0.05, 0.1) is 6.61 Å². The zero-order valence-electron chi connectivity index (χ0n) is 42.6. The van der Waals surface area contributed by atoms with Crippen molar-refractivity contribution < 1.29 is 53.8 Å². The van der Waals surface area contributed by atoms with Gasteiger partial charge in [-0.2, -0.15) is 0 Å². The molecule has 6 atom stereocenters. The van der Waals surface area contributed by atoms with Crippen LogP contribution in [0.15, 0.2) is 72.9 Å². The summed E-state index contributed by atoms with van der Waals surface area (Å²) in [5, 5.41) is 40.0. The van der Waals surface area contributed by atoms with Crippen molar-refractivity contribution in [1.82, 2.24) is 0 Å². The van der Waals surface area contributed by atoms with Crippen molar-refractivity contribution >= 4 is 17.9 Å². The van der Waals surface area contributed by atoms with Crippen LogP contribution < -0.4 is 0 Å². The number of carbonyl (C=O) groups is 3. The van der Waals surface area contributed by atoms with Crippen molar-refractivity contribution in [3.63, 3.8) is 0 Å². The molecule has 1 fully saturated rings. The lowest BCUT2D eigenvalue weighted by Gasteiger charge is -2.38. The fraction of sp³-hybridized carbons (Fsp3) is 0.737. The molecule has 1 rings (SSSR count). The van der Waals surface area contributed by atoms with Gasteiger partial charge in [0.25, 0.3) is 0 Å². The molecule has 390 valence electrons. The lowest BCUT2D eigenvalue weighted by atomic mass is 9.99. The molecule has 0 aromatic rings.